The molecule has 2 rings (SSSR count). The number of para-hydroxylation sites is 1. The molecule has 0 aromatic heterocycles. The minimum absolute atomic E-state index is 0.0174. The number of nitrogens with one attached hydrogen (secondary N) is 1. The Hall–Kier alpha value is -1.06. The lowest BCUT2D eigenvalue weighted by Crippen LogP contribution is -2.44. The Kier molecular flexibility index (Phi) is 4.48. The van der Waals surface area contributed by atoms with Crippen LogP contribution in [0, 0.1) is 0 Å². The molecule has 106 valence electrons. The van der Waals surface area contributed by atoms with Crippen molar-refractivity contribution in [1.82, 2.24) is 5.32 Å². The molecule has 1 aromatic carbocycles. The highest BCUT2D eigenvalue weighted by Gasteiger charge is 2.29. The van der Waals surface area contributed by atoms with E-state index >= 15 is 0 Å². The highest BCUT2D eigenvalue weighted by Crippen LogP contribution is 2.28. The zero-order valence-electron chi connectivity index (χ0n) is 12.4. The van der Waals surface area contributed by atoms with Crippen LogP contribution >= 0.6 is 0 Å². The minimum Gasteiger partial charge on any atom is -0.496 e. The van der Waals surface area contributed by atoms with E-state index in [0.717, 1.165) is 25.2 Å². The molecule has 1 N–H and O–H groups in total. The van der Waals surface area contributed by atoms with Gasteiger partial charge in [-0.1, -0.05) is 18.2 Å². The van der Waals surface area contributed by atoms with Gasteiger partial charge in [-0.2, -0.15) is 0 Å². The van der Waals surface area contributed by atoms with Crippen LogP contribution in [0.3, 0.4) is 0 Å². The predicted octanol–water partition coefficient (Wildman–Crippen LogP) is 3.30. The van der Waals surface area contributed by atoms with E-state index in [4.69, 9.17) is 9.47 Å². The molecule has 3 nitrogen and oxygen atoms in total. The molecule has 3 heteroatoms. The quantitative estimate of drug-likeness (QED) is 0.904. The molecule has 0 spiro atoms. The van der Waals surface area contributed by atoms with Crippen LogP contribution in [-0.4, -0.2) is 25.4 Å². The summed E-state index contributed by atoms with van der Waals surface area (Å²) in [7, 11) is 1.73. The van der Waals surface area contributed by atoms with Gasteiger partial charge in [0.2, 0.25) is 0 Å². The van der Waals surface area contributed by atoms with Crippen molar-refractivity contribution in [3.8, 4) is 5.75 Å². The van der Waals surface area contributed by atoms with Gasteiger partial charge in [-0.05, 0) is 39.7 Å². The molecule has 1 fully saturated rings. The fraction of sp³-hybridized carbons (Fsp3) is 0.625. The second-order valence-corrected chi connectivity index (χ2v) is 5.93. The third-order valence-electron chi connectivity index (χ3n) is 3.79. The van der Waals surface area contributed by atoms with Crippen molar-refractivity contribution in [3.63, 3.8) is 0 Å². The summed E-state index contributed by atoms with van der Waals surface area (Å²) in [5.74, 6) is 0.953. The summed E-state index contributed by atoms with van der Waals surface area (Å²) in [6.07, 6.45) is 2.12. The Labute approximate surface area is 116 Å². The lowest BCUT2D eigenvalue weighted by molar-refractivity contribution is -0.0640. The van der Waals surface area contributed by atoms with E-state index in [1.165, 1.54) is 5.56 Å². The number of methoxy groups -OCH3 is 1. The van der Waals surface area contributed by atoms with Crippen LogP contribution in [0.2, 0.25) is 0 Å². The predicted molar refractivity (Wildman–Crippen MR) is 77.6 cm³/mol. The van der Waals surface area contributed by atoms with E-state index in [1.807, 2.05) is 12.1 Å². The number of benzene rings is 1. The van der Waals surface area contributed by atoms with Gasteiger partial charge < -0.3 is 14.8 Å². The first-order chi connectivity index (χ1) is 9.02. The molecule has 1 aliphatic heterocycles. The summed E-state index contributed by atoms with van der Waals surface area (Å²) < 4.78 is 11.2. The zero-order valence-corrected chi connectivity index (χ0v) is 12.4. The second kappa shape index (κ2) is 5.93. The maximum absolute atomic E-state index is 5.76. The van der Waals surface area contributed by atoms with E-state index in [2.05, 4.69) is 38.2 Å². The third kappa shape index (κ3) is 3.71. The van der Waals surface area contributed by atoms with Crippen molar-refractivity contribution < 1.29 is 9.47 Å². The van der Waals surface area contributed by atoms with E-state index in [1.54, 1.807) is 7.11 Å². The van der Waals surface area contributed by atoms with E-state index in [9.17, 15) is 0 Å². The van der Waals surface area contributed by atoms with Gasteiger partial charge >= 0.3 is 0 Å². The average molecular weight is 263 g/mol. The first-order valence-corrected chi connectivity index (χ1v) is 7.05. The molecule has 1 unspecified atom stereocenters. The van der Waals surface area contributed by atoms with E-state index < -0.39 is 0 Å². The van der Waals surface area contributed by atoms with Gasteiger partial charge in [-0.25, -0.2) is 0 Å². The molecule has 0 amide bonds. The molecule has 0 radical (unpaired) electrons. The van der Waals surface area contributed by atoms with Gasteiger partial charge in [0.1, 0.15) is 5.75 Å². The first kappa shape index (κ1) is 14.4. The molecule has 0 saturated carbocycles. The van der Waals surface area contributed by atoms with Crippen LogP contribution in [0.1, 0.15) is 45.2 Å². The summed E-state index contributed by atoms with van der Waals surface area (Å²) >= 11 is 0. The molecule has 1 heterocycles. The summed E-state index contributed by atoms with van der Waals surface area (Å²) in [5, 5.41) is 3.71. The molecule has 2 atom stereocenters. The van der Waals surface area contributed by atoms with Crippen LogP contribution in [0.4, 0.5) is 0 Å². The molecule has 1 saturated heterocycles. The van der Waals surface area contributed by atoms with Gasteiger partial charge in [0.25, 0.3) is 0 Å². The van der Waals surface area contributed by atoms with E-state index in [-0.39, 0.29) is 11.6 Å². The van der Waals surface area contributed by atoms with Crippen LogP contribution in [-0.2, 0) is 4.74 Å². The van der Waals surface area contributed by atoms with Crippen molar-refractivity contribution >= 4 is 0 Å². The van der Waals surface area contributed by atoms with Crippen molar-refractivity contribution in [2.24, 2.45) is 0 Å². The van der Waals surface area contributed by atoms with Gasteiger partial charge in [0.05, 0.1) is 12.7 Å². The maximum Gasteiger partial charge on any atom is 0.123 e. The molecule has 0 bridgehead atoms. The number of ether oxygens (including phenoxy) is 2. The lowest BCUT2D eigenvalue weighted by atomic mass is 9.93. The Morgan fingerprint density at radius 3 is 2.79 bits per heavy atom. The van der Waals surface area contributed by atoms with Crippen molar-refractivity contribution in [2.45, 2.75) is 51.3 Å². The maximum atomic E-state index is 5.76. The summed E-state index contributed by atoms with van der Waals surface area (Å²) in [5.41, 5.74) is 1.20. The SMILES string of the molecule is COc1ccccc1[C@@H](C)NC1CCOC(C)(C)C1. The minimum atomic E-state index is -0.0174. The van der Waals surface area contributed by atoms with Crippen LogP contribution in [0.5, 0.6) is 5.75 Å². The van der Waals surface area contributed by atoms with Gasteiger partial charge in [-0.15, -0.1) is 0 Å². The second-order valence-electron chi connectivity index (χ2n) is 5.93. The Morgan fingerprint density at radius 2 is 2.11 bits per heavy atom. The van der Waals surface area contributed by atoms with Crippen molar-refractivity contribution in [1.29, 1.82) is 0 Å². The molecule has 0 aliphatic carbocycles. The van der Waals surface area contributed by atoms with Gasteiger partial charge in [-0.3, -0.25) is 0 Å². The summed E-state index contributed by atoms with van der Waals surface area (Å²) in [6.45, 7) is 7.35. The summed E-state index contributed by atoms with van der Waals surface area (Å²) in [4.78, 5) is 0. The van der Waals surface area contributed by atoms with Gasteiger partial charge in [0.15, 0.2) is 0 Å². The molecular weight excluding hydrogens is 238 g/mol. The molecule has 1 aromatic rings. The number of hydrogen-bond acceptors (Lipinski definition) is 3. The lowest BCUT2D eigenvalue weighted by Gasteiger charge is -2.37. The van der Waals surface area contributed by atoms with Crippen molar-refractivity contribution in [3.05, 3.63) is 29.8 Å². The highest BCUT2D eigenvalue weighted by molar-refractivity contribution is 5.35. The largest absolute Gasteiger partial charge is 0.496 e. The standard InChI is InChI=1S/C16H25NO2/c1-12(14-7-5-6-8-15(14)18-4)17-13-9-10-19-16(2,3)11-13/h5-8,12-13,17H,9-11H2,1-4H3/t12-,13?/m1/s1. The molecule has 19 heavy (non-hydrogen) atoms. The molecular formula is C16H25NO2. The molecule has 1 aliphatic rings. The van der Waals surface area contributed by atoms with Crippen LogP contribution < -0.4 is 10.1 Å². The van der Waals surface area contributed by atoms with Crippen LogP contribution in [0.25, 0.3) is 0 Å². The zero-order chi connectivity index (χ0) is 13.9. The first-order valence-electron chi connectivity index (χ1n) is 7.05. The monoisotopic (exact) mass is 263 g/mol. The fourth-order valence-corrected chi connectivity index (χ4v) is 2.84. The fourth-order valence-electron chi connectivity index (χ4n) is 2.84. The van der Waals surface area contributed by atoms with Crippen molar-refractivity contribution in [2.75, 3.05) is 13.7 Å². The Balaban J connectivity index is 2.02. The normalized spacial score (nSPS) is 23.9. The number of hydrogen-bond donors (Lipinski definition) is 1. The van der Waals surface area contributed by atoms with E-state index in [0.29, 0.717) is 6.04 Å². The third-order valence-corrected chi connectivity index (χ3v) is 3.79. The van der Waals surface area contributed by atoms with Crippen LogP contribution in [0.15, 0.2) is 24.3 Å². The Bertz CT molecular complexity index is 417. The smallest absolute Gasteiger partial charge is 0.123 e. The summed E-state index contributed by atoms with van der Waals surface area (Å²) in [6, 6.07) is 9.00. The number of rotatable bonds is 4. The average Bonchev–Trinajstić information content (AvgIpc) is 2.37. The topological polar surface area (TPSA) is 30.5 Å². The Morgan fingerprint density at radius 1 is 1.37 bits per heavy atom. The van der Waals surface area contributed by atoms with Gasteiger partial charge in [0, 0.05) is 24.3 Å². The highest BCUT2D eigenvalue weighted by atomic mass is 16.5.